The summed E-state index contributed by atoms with van der Waals surface area (Å²) in [5, 5.41) is 3.62. The van der Waals surface area contributed by atoms with Gasteiger partial charge in [-0.1, -0.05) is 12.1 Å². The van der Waals surface area contributed by atoms with Crippen molar-refractivity contribution in [2.75, 3.05) is 19.0 Å². The highest BCUT2D eigenvalue weighted by Crippen LogP contribution is 2.31. The molecule has 0 aliphatic heterocycles. The summed E-state index contributed by atoms with van der Waals surface area (Å²) in [5.74, 6) is 1.62. The molecule has 0 radical (unpaired) electrons. The SMILES string of the molecule is CCOc1ccccc1NC(=O)c1c(C)oc2ccc(OC)cc12. The fraction of sp³-hybridized carbons (Fsp3) is 0.211. The molecule has 124 valence electrons. The number of rotatable bonds is 5. The number of ether oxygens (including phenoxy) is 2. The Morgan fingerprint density at radius 3 is 2.75 bits per heavy atom. The van der Waals surface area contributed by atoms with Gasteiger partial charge < -0.3 is 19.2 Å². The third-order valence-corrected chi connectivity index (χ3v) is 3.73. The normalized spacial score (nSPS) is 10.6. The van der Waals surface area contributed by atoms with Gasteiger partial charge in [-0.3, -0.25) is 4.79 Å². The zero-order chi connectivity index (χ0) is 17.1. The van der Waals surface area contributed by atoms with Gasteiger partial charge in [0.25, 0.3) is 5.91 Å². The number of para-hydroxylation sites is 2. The lowest BCUT2D eigenvalue weighted by Crippen LogP contribution is -2.13. The number of hydrogen-bond donors (Lipinski definition) is 1. The first-order chi connectivity index (χ1) is 11.6. The van der Waals surface area contributed by atoms with Crippen molar-refractivity contribution in [2.45, 2.75) is 13.8 Å². The van der Waals surface area contributed by atoms with E-state index in [0.717, 1.165) is 5.39 Å². The van der Waals surface area contributed by atoms with Crippen LogP contribution in [0.4, 0.5) is 5.69 Å². The molecule has 0 bridgehead atoms. The standard InChI is InChI=1S/C19H19NO4/c1-4-23-17-8-6-5-7-15(17)20-19(21)18-12(2)24-16-10-9-13(22-3)11-14(16)18/h5-11H,4H2,1-3H3,(H,20,21). The van der Waals surface area contributed by atoms with Gasteiger partial charge in [0.2, 0.25) is 0 Å². The number of carbonyl (C=O) groups is 1. The zero-order valence-electron chi connectivity index (χ0n) is 13.9. The molecule has 0 aliphatic rings. The van der Waals surface area contributed by atoms with E-state index in [4.69, 9.17) is 13.9 Å². The minimum absolute atomic E-state index is 0.244. The van der Waals surface area contributed by atoms with Gasteiger partial charge in [0.1, 0.15) is 22.8 Å². The molecule has 5 heteroatoms. The van der Waals surface area contributed by atoms with Crippen molar-refractivity contribution >= 4 is 22.6 Å². The summed E-state index contributed by atoms with van der Waals surface area (Å²) in [5.41, 5.74) is 1.77. The van der Waals surface area contributed by atoms with E-state index < -0.39 is 0 Å². The number of methoxy groups -OCH3 is 1. The first kappa shape index (κ1) is 15.9. The monoisotopic (exact) mass is 325 g/mol. The smallest absolute Gasteiger partial charge is 0.259 e. The van der Waals surface area contributed by atoms with E-state index in [1.807, 2.05) is 25.1 Å². The largest absolute Gasteiger partial charge is 0.497 e. The van der Waals surface area contributed by atoms with E-state index in [9.17, 15) is 4.79 Å². The van der Waals surface area contributed by atoms with Crippen molar-refractivity contribution in [3.8, 4) is 11.5 Å². The van der Waals surface area contributed by atoms with Crippen LogP contribution in [0.3, 0.4) is 0 Å². The van der Waals surface area contributed by atoms with Gasteiger partial charge in [-0.15, -0.1) is 0 Å². The second kappa shape index (κ2) is 6.66. The Hall–Kier alpha value is -2.95. The van der Waals surface area contributed by atoms with Crippen LogP contribution in [0.2, 0.25) is 0 Å². The summed E-state index contributed by atoms with van der Waals surface area (Å²) >= 11 is 0. The Bertz CT molecular complexity index is 882. The van der Waals surface area contributed by atoms with Gasteiger partial charge in [0, 0.05) is 5.39 Å². The predicted octanol–water partition coefficient (Wildman–Crippen LogP) is 4.40. The van der Waals surface area contributed by atoms with E-state index in [1.54, 1.807) is 38.3 Å². The third-order valence-electron chi connectivity index (χ3n) is 3.73. The fourth-order valence-corrected chi connectivity index (χ4v) is 2.64. The highest BCUT2D eigenvalue weighted by molar-refractivity contribution is 6.13. The number of hydrogen-bond acceptors (Lipinski definition) is 4. The van der Waals surface area contributed by atoms with E-state index in [0.29, 0.717) is 40.7 Å². The molecule has 0 saturated carbocycles. The molecule has 24 heavy (non-hydrogen) atoms. The molecule has 3 rings (SSSR count). The number of furan rings is 1. The minimum atomic E-state index is -0.244. The Kier molecular flexibility index (Phi) is 4.42. The molecular formula is C19H19NO4. The van der Waals surface area contributed by atoms with E-state index in [2.05, 4.69) is 5.32 Å². The van der Waals surface area contributed by atoms with Crippen LogP contribution in [-0.4, -0.2) is 19.6 Å². The molecular weight excluding hydrogens is 306 g/mol. The summed E-state index contributed by atoms with van der Waals surface area (Å²) < 4.78 is 16.5. The number of aryl methyl sites for hydroxylation is 1. The molecule has 0 saturated heterocycles. The van der Waals surface area contributed by atoms with Crippen LogP contribution in [0.1, 0.15) is 23.0 Å². The second-order valence-electron chi connectivity index (χ2n) is 5.28. The molecule has 0 atom stereocenters. The number of nitrogens with one attached hydrogen (secondary N) is 1. The Morgan fingerprint density at radius 1 is 1.21 bits per heavy atom. The lowest BCUT2D eigenvalue weighted by Gasteiger charge is -2.11. The van der Waals surface area contributed by atoms with Crippen molar-refractivity contribution < 1.29 is 18.7 Å². The molecule has 1 N–H and O–H groups in total. The molecule has 0 aliphatic carbocycles. The molecule has 0 unspecified atom stereocenters. The van der Waals surface area contributed by atoms with Crippen molar-refractivity contribution in [1.29, 1.82) is 0 Å². The summed E-state index contributed by atoms with van der Waals surface area (Å²) in [6.45, 7) is 4.20. The van der Waals surface area contributed by atoms with Crippen LogP contribution in [0.5, 0.6) is 11.5 Å². The highest BCUT2D eigenvalue weighted by atomic mass is 16.5. The minimum Gasteiger partial charge on any atom is -0.497 e. The van der Waals surface area contributed by atoms with Crippen molar-refractivity contribution in [3.05, 3.63) is 53.8 Å². The maximum atomic E-state index is 12.8. The second-order valence-corrected chi connectivity index (χ2v) is 5.28. The van der Waals surface area contributed by atoms with Gasteiger partial charge in [-0.05, 0) is 44.2 Å². The summed E-state index contributed by atoms with van der Waals surface area (Å²) in [6.07, 6.45) is 0. The van der Waals surface area contributed by atoms with E-state index >= 15 is 0 Å². The van der Waals surface area contributed by atoms with Gasteiger partial charge in [-0.2, -0.15) is 0 Å². The predicted molar refractivity (Wildman–Crippen MR) is 93.1 cm³/mol. The van der Waals surface area contributed by atoms with Crippen LogP contribution in [-0.2, 0) is 0 Å². The number of fused-ring (bicyclic) bond motifs is 1. The molecule has 1 heterocycles. The van der Waals surface area contributed by atoms with E-state index in [1.165, 1.54) is 0 Å². The van der Waals surface area contributed by atoms with Crippen LogP contribution in [0, 0.1) is 6.92 Å². The van der Waals surface area contributed by atoms with Gasteiger partial charge in [0.05, 0.1) is 25.0 Å². The number of anilines is 1. The van der Waals surface area contributed by atoms with Gasteiger partial charge in [-0.25, -0.2) is 0 Å². The van der Waals surface area contributed by atoms with Crippen LogP contribution >= 0.6 is 0 Å². The number of benzene rings is 2. The summed E-state index contributed by atoms with van der Waals surface area (Å²) in [6, 6.07) is 12.7. The third kappa shape index (κ3) is 2.93. The van der Waals surface area contributed by atoms with Crippen molar-refractivity contribution in [2.24, 2.45) is 0 Å². The first-order valence-electron chi connectivity index (χ1n) is 7.74. The lowest BCUT2D eigenvalue weighted by molar-refractivity contribution is 0.102. The molecule has 1 amide bonds. The van der Waals surface area contributed by atoms with Crippen LogP contribution in [0.15, 0.2) is 46.9 Å². The Labute approximate surface area is 140 Å². The average Bonchev–Trinajstić information content (AvgIpc) is 2.91. The Morgan fingerprint density at radius 2 is 2.00 bits per heavy atom. The maximum Gasteiger partial charge on any atom is 0.259 e. The Balaban J connectivity index is 1.99. The molecule has 0 spiro atoms. The number of carbonyl (C=O) groups excluding carboxylic acids is 1. The molecule has 1 aromatic heterocycles. The topological polar surface area (TPSA) is 60.7 Å². The number of amides is 1. The van der Waals surface area contributed by atoms with E-state index in [-0.39, 0.29) is 5.91 Å². The first-order valence-corrected chi connectivity index (χ1v) is 7.74. The molecule has 0 fully saturated rings. The van der Waals surface area contributed by atoms with Crippen LogP contribution in [0.25, 0.3) is 11.0 Å². The van der Waals surface area contributed by atoms with Crippen molar-refractivity contribution in [1.82, 2.24) is 0 Å². The molecule has 5 nitrogen and oxygen atoms in total. The zero-order valence-corrected chi connectivity index (χ0v) is 13.9. The molecule has 3 aromatic rings. The average molecular weight is 325 g/mol. The fourth-order valence-electron chi connectivity index (χ4n) is 2.64. The summed E-state index contributed by atoms with van der Waals surface area (Å²) in [7, 11) is 1.59. The van der Waals surface area contributed by atoms with Gasteiger partial charge >= 0.3 is 0 Å². The van der Waals surface area contributed by atoms with Gasteiger partial charge in [0.15, 0.2) is 0 Å². The highest BCUT2D eigenvalue weighted by Gasteiger charge is 2.20. The summed E-state index contributed by atoms with van der Waals surface area (Å²) in [4.78, 5) is 12.8. The lowest BCUT2D eigenvalue weighted by atomic mass is 10.1. The van der Waals surface area contributed by atoms with Crippen molar-refractivity contribution in [3.63, 3.8) is 0 Å². The quantitative estimate of drug-likeness (QED) is 0.755. The van der Waals surface area contributed by atoms with Crippen LogP contribution < -0.4 is 14.8 Å². The maximum absolute atomic E-state index is 12.8. The molecule has 2 aromatic carbocycles.